The Morgan fingerprint density at radius 2 is 1.95 bits per heavy atom. The number of carbonyl (C=O) groups is 1. The lowest BCUT2D eigenvalue weighted by atomic mass is 10.1. The quantitative estimate of drug-likeness (QED) is 0.868. The van der Waals surface area contributed by atoms with Crippen LogP contribution in [0.25, 0.3) is 0 Å². The van der Waals surface area contributed by atoms with Crippen molar-refractivity contribution in [3.63, 3.8) is 0 Å². The van der Waals surface area contributed by atoms with Crippen molar-refractivity contribution in [2.45, 2.75) is 45.2 Å². The minimum Gasteiger partial charge on any atom is -0.352 e. The number of nitrogens with one attached hydrogen (secondary N) is 2. The largest absolute Gasteiger partial charge is 0.352 e. The van der Waals surface area contributed by atoms with E-state index in [0.717, 1.165) is 37.1 Å². The van der Waals surface area contributed by atoms with Gasteiger partial charge in [-0.25, -0.2) is 4.79 Å². The second-order valence-electron chi connectivity index (χ2n) is 6.04. The molecule has 0 radical (unpaired) electrons. The van der Waals surface area contributed by atoms with Gasteiger partial charge in [0.05, 0.1) is 5.69 Å². The van der Waals surface area contributed by atoms with Crippen LogP contribution in [0.1, 0.15) is 36.1 Å². The molecule has 7 nitrogen and oxygen atoms in total. The molecule has 3 rings (SSSR count). The predicted molar refractivity (Wildman–Crippen MR) is 81.5 cm³/mol. The molecule has 7 heteroatoms. The minimum absolute atomic E-state index is 0.0775. The van der Waals surface area contributed by atoms with Crippen LogP contribution in [0.15, 0.2) is 0 Å². The molecule has 2 heterocycles. The van der Waals surface area contributed by atoms with E-state index in [1.807, 2.05) is 18.7 Å². The van der Waals surface area contributed by atoms with Crippen molar-refractivity contribution in [1.82, 2.24) is 20.8 Å². The maximum absolute atomic E-state index is 11.8. The number of aryl methyl sites for hydroxylation is 1. The van der Waals surface area contributed by atoms with Crippen LogP contribution in [-0.4, -0.2) is 41.4 Å². The van der Waals surface area contributed by atoms with Crippen LogP contribution < -0.4 is 15.5 Å². The molecule has 116 valence electrons. The first-order chi connectivity index (χ1) is 10.6. The fourth-order valence-electron chi connectivity index (χ4n) is 2.66. The second-order valence-corrected chi connectivity index (χ2v) is 6.04. The van der Waals surface area contributed by atoms with Gasteiger partial charge in [-0.3, -0.25) is 0 Å². The van der Waals surface area contributed by atoms with Gasteiger partial charge in [0.2, 0.25) is 0 Å². The van der Waals surface area contributed by atoms with Gasteiger partial charge in [0.15, 0.2) is 5.82 Å². The highest BCUT2D eigenvalue weighted by atomic mass is 16.2. The van der Waals surface area contributed by atoms with Gasteiger partial charge in [0.25, 0.3) is 0 Å². The molecule has 22 heavy (non-hydrogen) atoms. The minimum atomic E-state index is -0.0963. The van der Waals surface area contributed by atoms with Crippen LogP contribution in [0.3, 0.4) is 0 Å². The molecule has 1 aliphatic heterocycles. The highest BCUT2D eigenvalue weighted by Crippen LogP contribution is 2.25. The molecule has 0 aromatic carbocycles. The van der Waals surface area contributed by atoms with E-state index in [2.05, 4.69) is 26.9 Å². The number of nitrogens with zero attached hydrogens (tertiary/aromatic N) is 4. The van der Waals surface area contributed by atoms with Gasteiger partial charge in [-0.05, 0) is 38.7 Å². The third kappa shape index (κ3) is 2.96. The Labute approximate surface area is 129 Å². The third-order valence-electron chi connectivity index (χ3n) is 4.28. The van der Waals surface area contributed by atoms with Gasteiger partial charge in [-0.1, -0.05) is 0 Å². The predicted octanol–water partition coefficient (Wildman–Crippen LogP) is 1.01. The summed E-state index contributed by atoms with van der Waals surface area (Å²) >= 11 is 0. The zero-order valence-corrected chi connectivity index (χ0v) is 12.9. The molecule has 1 aliphatic carbocycles. The Bertz CT molecular complexity index is 634. The number of hydrogen-bond acceptors (Lipinski definition) is 5. The van der Waals surface area contributed by atoms with Crippen LogP contribution >= 0.6 is 0 Å². The summed E-state index contributed by atoms with van der Waals surface area (Å²) in [4.78, 5) is 13.8. The molecule has 0 bridgehead atoms. The lowest BCUT2D eigenvalue weighted by molar-refractivity contribution is 0.237. The monoisotopic (exact) mass is 300 g/mol. The maximum Gasteiger partial charge on any atom is 0.315 e. The molecule has 1 unspecified atom stereocenters. The molecular formula is C15H20N6O. The molecule has 1 saturated heterocycles. The van der Waals surface area contributed by atoms with Crippen molar-refractivity contribution < 1.29 is 4.79 Å². The van der Waals surface area contributed by atoms with E-state index in [-0.39, 0.29) is 12.1 Å². The van der Waals surface area contributed by atoms with E-state index in [1.54, 1.807) is 0 Å². The first kappa shape index (κ1) is 14.6. The normalized spacial score (nSPS) is 20.6. The van der Waals surface area contributed by atoms with Gasteiger partial charge in [0.1, 0.15) is 11.6 Å². The van der Waals surface area contributed by atoms with Gasteiger partial charge < -0.3 is 15.5 Å². The molecule has 1 saturated carbocycles. The molecule has 1 aromatic rings. The maximum atomic E-state index is 11.8. The molecule has 2 N–H and O–H groups in total. The number of carbonyl (C=O) groups excluding carboxylic acids is 1. The van der Waals surface area contributed by atoms with E-state index in [1.165, 1.54) is 0 Å². The number of aromatic nitrogens is 2. The van der Waals surface area contributed by atoms with Crippen molar-refractivity contribution in [2.24, 2.45) is 0 Å². The summed E-state index contributed by atoms with van der Waals surface area (Å²) in [7, 11) is 0. The highest BCUT2D eigenvalue weighted by Gasteiger charge is 2.29. The van der Waals surface area contributed by atoms with Crippen LogP contribution in [-0.2, 0) is 0 Å². The van der Waals surface area contributed by atoms with Gasteiger partial charge in [0, 0.05) is 25.2 Å². The highest BCUT2D eigenvalue weighted by molar-refractivity contribution is 5.75. The lowest BCUT2D eigenvalue weighted by Crippen LogP contribution is -2.44. The molecule has 2 amide bonds. The Morgan fingerprint density at radius 1 is 1.23 bits per heavy atom. The summed E-state index contributed by atoms with van der Waals surface area (Å²) in [5.41, 5.74) is 2.23. The molecule has 0 spiro atoms. The average Bonchev–Trinajstić information content (AvgIpc) is 3.18. The van der Waals surface area contributed by atoms with Crippen molar-refractivity contribution in [2.75, 3.05) is 18.0 Å². The van der Waals surface area contributed by atoms with E-state index < -0.39 is 0 Å². The summed E-state index contributed by atoms with van der Waals surface area (Å²) in [5.74, 6) is 0.623. The van der Waals surface area contributed by atoms with Gasteiger partial charge in [-0.2, -0.15) is 10.4 Å². The van der Waals surface area contributed by atoms with Crippen LogP contribution in [0.2, 0.25) is 0 Å². The Kier molecular flexibility index (Phi) is 3.84. The lowest BCUT2D eigenvalue weighted by Gasteiger charge is -2.19. The summed E-state index contributed by atoms with van der Waals surface area (Å²) < 4.78 is 0. The van der Waals surface area contributed by atoms with Crippen molar-refractivity contribution >= 4 is 11.8 Å². The second kappa shape index (κ2) is 5.79. The smallest absolute Gasteiger partial charge is 0.315 e. The summed E-state index contributed by atoms with van der Waals surface area (Å²) in [6.45, 7) is 5.16. The van der Waals surface area contributed by atoms with E-state index >= 15 is 0 Å². The number of anilines is 1. The molecule has 2 fully saturated rings. The average molecular weight is 300 g/mol. The number of hydrogen-bond donors (Lipinski definition) is 2. The van der Waals surface area contributed by atoms with Crippen molar-refractivity contribution in [3.05, 3.63) is 16.8 Å². The van der Waals surface area contributed by atoms with E-state index in [4.69, 9.17) is 0 Å². The fourth-order valence-corrected chi connectivity index (χ4v) is 2.66. The molecule has 2 aliphatic rings. The number of nitriles is 1. The Hall–Kier alpha value is -2.36. The van der Waals surface area contributed by atoms with E-state index in [9.17, 15) is 10.1 Å². The zero-order valence-electron chi connectivity index (χ0n) is 12.9. The molecular weight excluding hydrogens is 280 g/mol. The first-order valence-corrected chi connectivity index (χ1v) is 7.64. The summed E-state index contributed by atoms with van der Waals surface area (Å²) in [5, 5.41) is 23.6. The molecule has 1 aromatic heterocycles. The fraction of sp³-hybridized carbons (Fsp3) is 0.600. The van der Waals surface area contributed by atoms with Crippen LogP contribution in [0, 0.1) is 25.2 Å². The summed E-state index contributed by atoms with van der Waals surface area (Å²) in [6.07, 6.45) is 3.00. The number of rotatable bonds is 3. The third-order valence-corrected chi connectivity index (χ3v) is 4.28. The van der Waals surface area contributed by atoms with Crippen molar-refractivity contribution in [3.8, 4) is 6.07 Å². The number of amides is 2. The Balaban J connectivity index is 1.66. The molecule has 1 atom stereocenters. The number of urea groups is 1. The summed E-state index contributed by atoms with van der Waals surface area (Å²) in [6, 6.07) is 2.56. The van der Waals surface area contributed by atoms with Crippen LogP contribution in [0.5, 0.6) is 0 Å². The van der Waals surface area contributed by atoms with Crippen LogP contribution in [0.4, 0.5) is 10.6 Å². The van der Waals surface area contributed by atoms with Gasteiger partial charge in [-0.15, -0.1) is 5.10 Å². The standard InChI is InChI=1S/C15H20N6O/c1-9-10(2)19-20-14(13(9)7-16)21-6-5-12(8-21)18-15(22)17-11-3-4-11/h11-12H,3-6,8H2,1-2H3,(H2,17,18,22). The SMILES string of the molecule is Cc1nnc(N2CCC(NC(=O)NC3CC3)C2)c(C#N)c1C. The van der Waals surface area contributed by atoms with E-state index in [0.29, 0.717) is 24.0 Å². The topological polar surface area (TPSA) is 93.9 Å². The van der Waals surface area contributed by atoms with Gasteiger partial charge >= 0.3 is 6.03 Å². The zero-order chi connectivity index (χ0) is 15.7. The van der Waals surface area contributed by atoms with Crippen molar-refractivity contribution in [1.29, 1.82) is 5.26 Å². The first-order valence-electron chi connectivity index (χ1n) is 7.64. The Morgan fingerprint density at radius 3 is 2.64 bits per heavy atom.